The summed E-state index contributed by atoms with van der Waals surface area (Å²) in [5.41, 5.74) is 7.50. The van der Waals surface area contributed by atoms with Crippen molar-refractivity contribution in [3.8, 4) is 0 Å². The summed E-state index contributed by atoms with van der Waals surface area (Å²) in [7, 11) is 0. The van der Waals surface area contributed by atoms with E-state index in [0.717, 1.165) is 17.1 Å². The van der Waals surface area contributed by atoms with Crippen LogP contribution in [0.5, 0.6) is 0 Å². The first kappa shape index (κ1) is 15.0. The van der Waals surface area contributed by atoms with Gasteiger partial charge in [0.2, 0.25) is 0 Å². The second-order valence-electron chi connectivity index (χ2n) is 4.16. The van der Waals surface area contributed by atoms with Gasteiger partial charge in [-0.25, -0.2) is 0 Å². The first-order valence-electron chi connectivity index (χ1n) is 6.18. The lowest BCUT2D eigenvalue weighted by Crippen LogP contribution is -2.13. The van der Waals surface area contributed by atoms with Crippen LogP contribution in [0.3, 0.4) is 0 Å². The maximum Gasteiger partial charge on any atom is 0.260 e. The van der Waals surface area contributed by atoms with Gasteiger partial charge in [-0.05, 0) is 52.4 Å². The number of thioether (sulfide) groups is 1. The SMILES string of the molecule is CCCSc1ccc(N)c(NC(=O)c2ccoc2Br)c1. The van der Waals surface area contributed by atoms with Gasteiger partial charge in [-0.15, -0.1) is 11.8 Å². The average Bonchev–Trinajstić information content (AvgIpc) is 2.86. The van der Waals surface area contributed by atoms with Crippen LogP contribution in [-0.4, -0.2) is 11.7 Å². The molecule has 0 saturated carbocycles. The number of benzene rings is 1. The first-order valence-corrected chi connectivity index (χ1v) is 7.96. The van der Waals surface area contributed by atoms with Gasteiger partial charge in [0.15, 0.2) is 4.67 Å². The molecular formula is C14H15BrN2O2S. The van der Waals surface area contributed by atoms with E-state index in [-0.39, 0.29) is 5.91 Å². The number of hydrogen-bond donors (Lipinski definition) is 2. The standard InChI is InChI=1S/C14H15BrN2O2S/c1-2-7-20-9-3-4-11(16)12(8-9)17-14(18)10-5-6-19-13(10)15/h3-6,8H,2,7,16H2,1H3,(H,17,18). The van der Waals surface area contributed by atoms with Crippen molar-refractivity contribution in [2.75, 3.05) is 16.8 Å². The van der Waals surface area contributed by atoms with Crippen molar-refractivity contribution in [3.63, 3.8) is 0 Å². The summed E-state index contributed by atoms with van der Waals surface area (Å²) >= 11 is 4.92. The molecule has 2 aromatic rings. The summed E-state index contributed by atoms with van der Waals surface area (Å²) in [5, 5.41) is 2.80. The highest BCUT2D eigenvalue weighted by molar-refractivity contribution is 9.10. The number of nitrogens with two attached hydrogens (primary N) is 1. The Balaban J connectivity index is 2.16. The highest BCUT2D eigenvalue weighted by Gasteiger charge is 2.14. The number of rotatable bonds is 5. The van der Waals surface area contributed by atoms with Gasteiger partial charge in [0.05, 0.1) is 23.2 Å². The Kier molecular flexibility index (Phi) is 5.14. The zero-order valence-electron chi connectivity index (χ0n) is 11.0. The molecule has 2 rings (SSSR count). The lowest BCUT2D eigenvalue weighted by atomic mass is 10.2. The van der Waals surface area contributed by atoms with Gasteiger partial charge in [-0.2, -0.15) is 0 Å². The number of hydrogen-bond acceptors (Lipinski definition) is 4. The minimum Gasteiger partial charge on any atom is -0.457 e. The molecule has 0 aliphatic carbocycles. The number of halogens is 1. The Labute approximate surface area is 130 Å². The Bertz CT molecular complexity index is 613. The predicted molar refractivity (Wildman–Crippen MR) is 86.2 cm³/mol. The summed E-state index contributed by atoms with van der Waals surface area (Å²) in [6, 6.07) is 7.25. The van der Waals surface area contributed by atoms with E-state index < -0.39 is 0 Å². The number of nitrogens with one attached hydrogen (secondary N) is 1. The minimum atomic E-state index is -0.255. The van der Waals surface area contributed by atoms with Gasteiger partial charge in [0.25, 0.3) is 5.91 Å². The van der Waals surface area contributed by atoms with E-state index >= 15 is 0 Å². The quantitative estimate of drug-likeness (QED) is 0.617. The number of carbonyl (C=O) groups excluding carboxylic acids is 1. The molecule has 6 heteroatoms. The van der Waals surface area contributed by atoms with Crippen LogP contribution in [0.1, 0.15) is 23.7 Å². The topological polar surface area (TPSA) is 68.3 Å². The van der Waals surface area contributed by atoms with Crippen molar-refractivity contribution < 1.29 is 9.21 Å². The molecule has 0 fully saturated rings. The molecule has 0 saturated heterocycles. The molecule has 1 aromatic carbocycles. The Morgan fingerprint density at radius 1 is 1.45 bits per heavy atom. The minimum absolute atomic E-state index is 0.255. The third-order valence-electron chi connectivity index (χ3n) is 2.61. The van der Waals surface area contributed by atoms with Gasteiger partial charge in [0.1, 0.15) is 0 Å². The summed E-state index contributed by atoms with van der Waals surface area (Å²) in [5.74, 6) is 0.778. The van der Waals surface area contributed by atoms with E-state index in [2.05, 4.69) is 28.2 Å². The first-order chi connectivity index (χ1) is 9.61. The van der Waals surface area contributed by atoms with Crippen molar-refractivity contribution in [1.82, 2.24) is 0 Å². The fourth-order valence-electron chi connectivity index (χ4n) is 1.60. The fraction of sp³-hybridized carbons (Fsp3) is 0.214. The number of amides is 1. The van der Waals surface area contributed by atoms with Crippen molar-refractivity contribution in [3.05, 3.63) is 40.8 Å². The Morgan fingerprint density at radius 3 is 2.90 bits per heavy atom. The molecule has 0 bridgehead atoms. The lowest BCUT2D eigenvalue weighted by Gasteiger charge is -2.09. The predicted octanol–water partition coefficient (Wildman–Crippen LogP) is 4.38. The summed E-state index contributed by atoms with van der Waals surface area (Å²) < 4.78 is 5.46. The molecule has 20 heavy (non-hydrogen) atoms. The normalized spacial score (nSPS) is 10.5. The number of furan rings is 1. The average molecular weight is 355 g/mol. The monoisotopic (exact) mass is 354 g/mol. The number of anilines is 2. The molecule has 1 aromatic heterocycles. The van der Waals surface area contributed by atoms with Crippen molar-refractivity contribution in [2.24, 2.45) is 0 Å². The van der Waals surface area contributed by atoms with Gasteiger partial charge in [-0.3, -0.25) is 4.79 Å². The summed E-state index contributed by atoms with van der Waals surface area (Å²) in [4.78, 5) is 13.2. The highest BCUT2D eigenvalue weighted by Crippen LogP contribution is 2.28. The maximum atomic E-state index is 12.1. The second-order valence-corrected chi connectivity index (χ2v) is 6.05. The van der Waals surface area contributed by atoms with E-state index in [1.807, 2.05) is 12.1 Å². The zero-order valence-corrected chi connectivity index (χ0v) is 13.4. The van der Waals surface area contributed by atoms with Crippen LogP contribution in [-0.2, 0) is 0 Å². The molecule has 1 amide bonds. The molecule has 0 spiro atoms. The molecule has 106 valence electrons. The third kappa shape index (κ3) is 3.58. The molecule has 0 unspecified atom stereocenters. The van der Waals surface area contributed by atoms with Crippen LogP contribution in [0.4, 0.5) is 11.4 Å². The van der Waals surface area contributed by atoms with E-state index in [1.165, 1.54) is 6.26 Å². The molecule has 4 nitrogen and oxygen atoms in total. The lowest BCUT2D eigenvalue weighted by molar-refractivity contribution is 0.102. The van der Waals surface area contributed by atoms with E-state index in [4.69, 9.17) is 10.2 Å². The maximum absolute atomic E-state index is 12.1. The van der Waals surface area contributed by atoms with E-state index in [1.54, 1.807) is 23.9 Å². The van der Waals surface area contributed by atoms with Crippen LogP contribution in [0, 0.1) is 0 Å². The second kappa shape index (κ2) is 6.85. The highest BCUT2D eigenvalue weighted by atomic mass is 79.9. The molecule has 0 aliphatic heterocycles. The summed E-state index contributed by atoms with van der Waals surface area (Å²) in [6.45, 7) is 2.13. The zero-order chi connectivity index (χ0) is 14.5. The molecule has 0 radical (unpaired) electrons. The van der Waals surface area contributed by atoms with Crippen LogP contribution in [0.2, 0.25) is 0 Å². The van der Waals surface area contributed by atoms with E-state index in [9.17, 15) is 4.79 Å². The van der Waals surface area contributed by atoms with Crippen molar-refractivity contribution in [1.29, 1.82) is 0 Å². The van der Waals surface area contributed by atoms with Gasteiger partial charge >= 0.3 is 0 Å². The summed E-state index contributed by atoms with van der Waals surface area (Å²) in [6.07, 6.45) is 2.55. The molecule has 1 heterocycles. The third-order valence-corrected chi connectivity index (χ3v) is 4.42. The van der Waals surface area contributed by atoms with Crippen LogP contribution in [0.15, 0.2) is 44.5 Å². The van der Waals surface area contributed by atoms with Crippen LogP contribution >= 0.6 is 27.7 Å². The smallest absolute Gasteiger partial charge is 0.260 e. The largest absolute Gasteiger partial charge is 0.457 e. The van der Waals surface area contributed by atoms with E-state index in [0.29, 0.717) is 21.6 Å². The van der Waals surface area contributed by atoms with Gasteiger partial charge < -0.3 is 15.5 Å². The van der Waals surface area contributed by atoms with Crippen LogP contribution < -0.4 is 11.1 Å². The molecular weight excluding hydrogens is 340 g/mol. The molecule has 3 N–H and O–H groups in total. The van der Waals surface area contributed by atoms with Gasteiger partial charge in [0, 0.05) is 4.90 Å². The fourth-order valence-corrected chi connectivity index (χ4v) is 2.82. The number of nitrogen functional groups attached to an aromatic ring is 1. The van der Waals surface area contributed by atoms with Gasteiger partial charge in [-0.1, -0.05) is 6.92 Å². The Morgan fingerprint density at radius 2 is 2.25 bits per heavy atom. The Hall–Kier alpha value is -1.40. The van der Waals surface area contributed by atoms with Crippen molar-refractivity contribution in [2.45, 2.75) is 18.2 Å². The van der Waals surface area contributed by atoms with Crippen molar-refractivity contribution >= 4 is 45.0 Å². The molecule has 0 atom stereocenters. The van der Waals surface area contributed by atoms with Crippen LogP contribution in [0.25, 0.3) is 0 Å². The number of carbonyl (C=O) groups is 1. The molecule has 0 aliphatic rings.